The quantitative estimate of drug-likeness (QED) is 0.607. The Balaban J connectivity index is 0.000000396. The van der Waals surface area contributed by atoms with Crippen molar-refractivity contribution in [2.45, 2.75) is 12.5 Å². The standard InChI is InChI=1S/C8H6O4.C5H8O3/c9-7(10)5-3-1-2-4-6(5)8(11)12;1-3-5(2,8)4(6)7/h1-4H,(H,9,10)(H,11,12);3,8H,1H2,2H3,(H,6,7). The minimum Gasteiger partial charge on any atom is -0.479 e. The second-order valence-electron chi connectivity index (χ2n) is 3.81. The fourth-order valence-corrected chi connectivity index (χ4v) is 0.943. The zero-order valence-corrected chi connectivity index (χ0v) is 10.6. The van der Waals surface area contributed by atoms with E-state index in [4.69, 9.17) is 20.4 Å². The molecule has 7 nitrogen and oxygen atoms in total. The first-order valence-electron chi connectivity index (χ1n) is 5.28. The van der Waals surface area contributed by atoms with Crippen LogP contribution in [0.1, 0.15) is 27.6 Å². The predicted molar refractivity (Wildman–Crippen MR) is 68.8 cm³/mol. The third kappa shape index (κ3) is 4.91. The van der Waals surface area contributed by atoms with Gasteiger partial charge in [0.2, 0.25) is 0 Å². The monoisotopic (exact) mass is 282 g/mol. The smallest absolute Gasteiger partial charge is 0.339 e. The fourth-order valence-electron chi connectivity index (χ4n) is 0.943. The third-order valence-electron chi connectivity index (χ3n) is 2.22. The van der Waals surface area contributed by atoms with Crippen molar-refractivity contribution in [3.8, 4) is 0 Å². The lowest BCUT2D eigenvalue weighted by Gasteiger charge is -2.09. The number of benzene rings is 1. The van der Waals surface area contributed by atoms with Gasteiger partial charge < -0.3 is 20.4 Å². The molecular formula is C13H14O7. The maximum Gasteiger partial charge on any atom is 0.339 e. The molecular weight excluding hydrogens is 268 g/mol. The molecule has 1 atom stereocenters. The molecule has 7 heteroatoms. The van der Waals surface area contributed by atoms with Crippen LogP contribution < -0.4 is 0 Å². The number of aliphatic hydroxyl groups is 1. The van der Waals surface area contributed by atoms with Gasteiger partial charge in [0, 0.05) is 0 Å². The summed E-state index contributed by atoms with van der Waals surface area (Å²) in [5, 5.41) is 33.9. The molecule has 108 valence electrons. The summed E-state index contributed by atoms with van der Waals surface area (Å²) in [6, 6.07) is 5.48. The Morgan fingerprint density at radius 2 is 1.40 bits per heavy atom. The largest absolute Gasteiger partial charge is 0.479 e. The zero-order valence-electron chi connectivity index (χ0n) is 10.6. The average molecular weight is 282 g/mol. The van der Waals surface area contributed by atoms with Gasteiger partial charge in [0.1, 0.15) is 0 Å². The number of carboxylic acids is 3. The summed E-state index contributed by atoms with van der Waals surface area (Å²) >= 11 is 0. The third-order valence-corrected chi connectivity index (χ3v) is 2.22. The Morgan fingerprint density at radius 1 is 1.05 bits per heavy atom. The van der Waals surface area contributed by atoms with Gasteiger partial charge in [-0.25, -0.2) is 14.4 Å². The van der Waals surface area contributed by atoms with E-state index < -0.39 is 23.5 Å². The lowest BCUT2D eigenvalue weighted by atomic mass is 10.1. The predicted octanol–water partition coefficient (Wildman–Crippen LogP) is 1.09. The Kier molecular flexibility index (Phi) is 6.11. The molecule has 4 N–H and O–H groups in total. The van der Waals surface area contributed by atoms with Crippen molar-refractivity contribution in [1.82, 2.24) is 0 Å². The van der Waals surface area contributed by atoms with Crippen LogP contribution in [0.4, 0.5) is 0 Å². The molecule has 1 rings (SSSR count). The summed E-state index contributed by atoms with van der Waals surface area (Å²) in [4.78, 5) is 30.9. The van der Waals surface area contributed by atoms with Gasteiger partial charge in [0.05, 0.1) is 11.1 Å². The van der Waals surface area contributed by atoms with E-state index in [0.717, 1.165) is 13.0 Å². The number of carboxylic acid groups (broad SMARTS) is 3. The second kappa shape index (κ2) is 7.05. The van der Waals surface area contributed by atoms with Crippen LogP contribution in [0.15, 0.2) is 36.9 Å². The molecule has 0 fully saturated rings. The highest BCUT2D eigenvalue weighted by molar-refractivity contribution is 6.01. The SMILES string of the molecule is C=CC(C)(O)C(=O)O.O=C(O)c1ccccc1C(=O)O. The molecule has 1 aromatic carbocycles. The second-order valence-corrected chi connectivity index (χ2v) is 3.81. The number of hydrogen-bond acceptors (Lipinski definition) is 4. The molecule has 0 spiro atoms. The van der Waals surface area contributed by atoms with E-state index >= 15 is 0 Å². The lowest BCUT2D eigenvalue weighted by molar-refractivity contribution is -0.151. The first-order chi connectivity index (χ1) is 9.13. The Labute approximate surface area is 114 Å². The highest BCUT2D eigenvalue weighted by atomic mass is 16.4. The summed E-state index contributed by atoms with van der Waals surface area (Å²) in [5.74, 6) is -3.74. The molecule has 0 aliphatic rings. The van der Waals surface area contributed by atoms with Crippen LogP contribution >= 0.6 is 0 Å². The van der Waals surface area contributed by atoms with Crippen molar-refractivity contribution in [3.63, 3.8) is 0 Å². The molecule has 0 bridgehead atoms. The van der Waals surface area contributed by atoms with Crippen LogP contribution in [-0.4, -0.2) is 43.9 Å². The molecule has 1 unspecified atom stereocenters. The maximum absolute atomic E-state index is 10.5. The van der Waals surface area contributed by atoms with Crippen LogP contribution in [0.25, 0.3) is 0 Å². The first-order valence-corrected chi connectivity index (χ1v) is 5.28. The number of carbonyl (C=O) groups is 3. The van der Waals surface area contributed by atoms with Gasteiger partial charge >= 0.3 is 17.9 Å². The molecule has 0 saturated carbocycles. The van der Waals surface area contributed by atoms with Gasteiger partial charge in [0.25, 0.3) is 0 Å². The Bertz CT molecular complexity index is 498. The van der Waals surface area contributed by atoms with Crippen LogP contribution in [0, 0.1) is 0 Å². The first kappa shape index (κ1) is 17.3. The summed E-state index contributed by atoms with van der Waals surface area (Å²) < 4.78 is 0. The molecule has 0 amide bonds. The van der Waals surface area contributed by atoms with E-state index in [-0.39, 0.29) is 11.1 Å². The maximum atomic E-state index is 10.5. The Morgan fingerprint density at radius 3 is 1.55 bits per heavy atom. The van der Waals surface area contributed by atoms with E-state index in [1.54, 1.807) is 0 Å². The van der Waals surface area contributed by atoms with E-state index in [1.807, 2.05) is 0 Å². The van der Waals surface area contributed by atoms with Gasteiger partial charge in [0.15, 0.2) is 5.60 Å². The van der Waals surface area contributed by atoms with E-state index in [0.29, 0.717) is 0 Å². The molecule has 0 radical (unpaired) electrons. The fraction of sp³-hybridized carbons (Fsp3) is 0.154. The molecule has 0 heterocycles. The van der Waals surface area contributed by atoms with Gasteiger partial charge in [-0.05, 0) is 25.1 Å². The van der Waals surface area contributed by atoms with Crippen molar-refractivity contribution < 1.29 is 34.8 Å². The summed E-state index contributed by atoms with van der Waals surface area (Å²) in [7, 11) is 0. The highest BCUT2D eigenvalue weighted by Crippen LogP contribution is 2.07. The highest BCUT2D eigenvalue weighted by Gasteiger charge is 2.24. The number of aliphatic carboxylic acids is 1. The van der Waals surface area contributed by atoms with Crippen molar-refractivity contribution in [2.24, 2.45) is 0 Å². The Hall–Kier alpha value is -2.67. The zero-order chi connectivity index (χ0) is 15.9. The number of aromatic carboxylic acids is 2. The summed E-state index contributed by atoms with van der Waals surface area (Å²) in [6.07, 6.45) is 0.968. The van der Waals surface area contributed by atoms with Gasteiger partial charge in [-0.2, -0.15) is 0 Å². The minimum absolute atomic E-state index is 0.190. The van der Waals surface area contributed by atoms with Crippen LogP contribution in [0.3, 0.4) is 0 Å². The van der Waals surface area contributed by atoms with Crippen LogP contribution in [-0.2, 0) is 4.79 Å². The van der Waals surface area contributed by atoms with Gasteiger partial charge in [-0.1, -0.05) is 18.7 Å². The lowest BCUT2D eigenvalue weighted by Crippen LogP contribution is -2.31. The molecule has 20 heavy (non-hydrogen) atoms. The normalized spacial score (nSPS) is 12.3. The van der Waals surface area contributed by atoms with Crippen molar-refractivity contribution >= 4 is 17.9 Å². The number of hydrogen-bond donors (Lipinski definition) is 4. The minimum atomic E-state index is -1.78. The summed E-state index contributed by atoms with van der Waals surface area (Å²) in [5.41, 5.74) is -2.16. The van der Waals surface area contributed by atoms with E-state index in [1.165, 1.54) is 24.3 Å². The topological polar surface area (TPSA) is 132 Å². The number of rotatable bonds is 4. The van der Waals surface area contributed by atoms with Crippen molar-refractivity contribution in [3.05, 3.63) is 48.0 Å². The van der Waals surface area contributed by atoms with Crippen molar-refractivity contribution in [2.75, 3.05) is 0 Å². The van der Waals surface area contributed by atoms with Crippen molar-refractivity contribution in [1.29, 1.82) is 0 Å². The average Bonchev–Trinajstić information content (AvgIpc) is 2.39. The molecule has 1 aromatic rings. The van der Waals surface area contributed by atoms with Crippen LogP contribution in [0.2, 0.25) is 0 Å². The molecule has 0 saturated heterocycles. The molecule has 0 aliphatic carbocycles. The van der Waals surface area contributed by atoms with E-state index in [2.05, 4.69) is 6.58 Å². The molecule has 0 aliphatic heterocycles. The van der Waals surface area contributed by atoms with Gasteiger partial charge in [-0.3, -0.25) is 0 Å². The van der Waals surface area contributed by atoms with Gasteiger partial charge in [-0.15, -0.1) is 0 Å². The summed E-state index contributed by atoms with van der Waals surface area (Å²) in [6.45, 7) is 4.28. The molecule has 0 aromatic heterocycles. The van der Waals surface area contributed by atoms with Crippen LogP contribution in [0.5, 0.6) is 0 Å². The van der Waals surface area contributed by atoms with E-state index in [9.17, 15) is 14.4 Å².